The first kappa shape index (κ1) is 14.8. The smallest absolute Gasteiger partial charge is 0.194 e. The van der Waals surface area contributed by atoms with Crippen LogP contribution in [0.2, 0.25) is 0 Å². The Kier molecular flexibility index (Phi) is 5.02. The average molecular weight is 261 g/mol. The van der Waals surface area contributed by atoms with E-state index in [1.807, 2.05) is 13.8 Å². The van der Waals surface area contributed by atoms with Crippen molar-refractivity contribution < 1.29 is 18.3 Å². The fourth-order valence-electron chi connectivity index (χ4n) is 1.73. The molecule has 0 amide bonds. The van der Waals surface area contributed by atoms with Gasteiger partial charge in [0.25, 0.3) is 0 Å². The van der Waals surface area contributed by atoms with Crippen molar-refractivity contribution in [1.29, 1.82) is 0 Å². The Labute approximate surface area is 105 Å². The van der Waals surface area contributed by atoms with Crippen LogP contribution in [0.3, 0.4) is 0 Å². The maximum absolute atomic E-state index is 13.0. The summed E-state index contributed by atoms with van der Waals surface area (Å²) in [6.45, 7) is 4.24. The molecule has 0 unspecified atom stereocenters. The first-order valence-corrected chi connectivity index (χ1v) is 5.97. The summed E-state index contributed by atoms with van der Waals surface area (Å²) in [4.78, 5) is 0. The first-order chi connectivity index (χ1) is 8.48. The predicted octanol–water partition coefficient (Wildman–Crippen LogP) is 3.31. The number of anilines is 1. The molecule has 0 saturated heterocycles. The molecular formula is C13H18F3NO. The quantitative estimate of drug-likeness (QED) is 0.770. The van der Waals surface area contributed by atoms with E-state index in [0.717, 1.165) is 25.0 Å². The topological polar surface area (TPSA) is 32.3 Å². The molecule has 0 aliphatic carbocycles. The third kappa shape index (κ3) is 3.16. The summed E-state index contributed by atoms with van der Waals surface area (Å²) >= 11 is 0. The van der Waals surface area contributed by atoms with Crippen LogP contribution in [0.4, 0.5) is 18.9 Å². The highest BCUT2D eigenvalue weighted by Crippen LogP contribution is 2.26. The minimum Gasteiger partial charge on any atom is -0.396 e. The van der Waals surface area contributed by atoms with Crippen LogP contribution >= 0.6 is 0 Å². The highest BCUT2D eigenvalue weighted by Gasteiger charge is 2.25. The molecule has 1 rings (SSSR count). The van der Waals surface area contributed by atoms with Crippen LogP contribution in [0.15, 0.2) is 12.1 Å². The molecule has 0 bridgehead atoms. The Morgan fingerprint density at radius 1 is 1.11 bits per heavy atom. The van der Waals surface area contributed by atoms with Gasteiger partial charge in [0.2, 0.25) is 0 Å². The van der Waals surface area contributed by atoms with Gasteiger partial charge in [-0.3, -0.25) is 0 Å². The van der Waals surface area contributed by atoms with Crippen molar-refractivity contribution in [2.24, 2.45) is 5.41 Å². The summed E-state index contributed by atoms with van der Waals surface area (Å²) in [5.41, 5.74) is -0.160. The molecule has 0 fully saturated rings. The van der Waals surface area contributed by atoms with E-state index in [-0.39, 0.29) is 17.7 Å². The number of halogens is 3. The Morgan fingerprint density at radius 2 is 1.61 bits per heavy atom. The van der Waals surface area contributed by atoms with E-state index in [1.165, 1.54) is 0 Å². The van der Waals surface area contributed by atoms with Crippen LogP contribution in [0.5, 0.6) is 0 Å². The van der Waals surface area contributed by atoms with Crippen molar-refractivity contribution in [2.75, 3.05) is 18.5 Å². The SMILES string of the molecule is CCC(CC)(CO)CNc1cc(F)c(F)c(F)c1. The molecule has 0 aliphatic rings. The lowest BCUT2D eigenvalue weighted by Gasteiger charge is -2.30. The Bertz CT molecular complexity index is 374. The normalized spacial score (nSPS) is 11.7. The number of nitrogens with one attached hydrogen (secondary N) is 1. The van der Waals surface area contributed by atoms with E-state index in [2.05, 4.69) is 5.32 Å². The number of aliphatic hydroxyl groups is 1. The van der Waals surface area contributed by atoms with E-state index in [1.54, 1.807) is 0 Å². The van der Waals surface area contributed by atoms with Crippen molar-refractivity contribution in [2.45, 2.75) is 26.7 Å². The number of rotatable bonds is 6. The molecule has 0 aromatic heterocycles. The zero-order valence-electron chi connectivity index (χ0n) is 10.6. The number of benzene rings is 1. The molecule has 1 aromatic rings. The zero-order chi connectivity index (χ0) is 13.8. The summed E-state index contributed by atoms with van der Waals surface area (Å²) in [6, 6.07) is 1.82. The van der Waals surface area contributed by atoms with Gasteiger partial charge in [-0.05, 0) is 12.8 Å². The molecule has 18 heavy (non-hydrogen) atoms. The fourth-order valence-corrected chi connectivity index (χ4v) is 1.73. The van der Waals surface area contributed by atoms with Gasteiger partial charge >= 0.3 is 0 Å². The molecule has 1 aromatic carbocycles. The molecular weight excluding hydrogens is 243 g/mol. The van der Waals surface area contributed by atoms with E-state index in [0.29, 0.717) is 6.54 Å². The van der Waals surface area contributed by atoms with E-state index in [9.17, 15) is 18.3 Å². The summed E-state index contributed by atoms with van der Waals surface area (Å²) < 4.78 is 38.8. The van der Waals surface area contributed by atoms with Crippen molar-refractivity contribution in [3.8, 4) is 0 Å². The van der Waals surface area contributed by atoms with Crippen LogP contribution < -0.4 is 5.32 Å². The van der Waals surface area contributed by atoms with Gasteiger partial charge in [0.1, 0.15) is 0 Å². The van der Waals surface area contributed by atoms with E-state index < -0.39 is 17.5 Å². The molecule has 0 atom stereocenters. The summed E-state index contributed by atoms with van der Waals surface area (Å²) in [7, 11) is 0. The molecule has 0 radical (unpaired) electrons. The van der Waals surface area contributed by atoms with Gasteiger partial charge < -0.3 is 10.4 Å². The van der Waals surface area contributed by atoms with Gasteiger partial charge in [-0.25, -0.2) is 13.2 Å². The summed E-state index contributed by atoms with van der Waals surface area (Å²) in [6.07, 6.45) is 1.47. The van der Waals surface area contributed by atoms with Crippen molar-refractivity contribution >= 4 is 5.69 Å². The van der Waals surface area contributed by atoms with Gasteiger partial charge in [-0.15, -0.1) is 0 Å². The first-order valence-electron chi connectivity index (χ1n) is 5.97. The van der Waals surface area contributed by atoms with Crippen molar-refractivity contribution in [1.82, 2.24) is 0 Å². The minimum atomic E-state index is -1.47. The second-order valence-electron chi connectivity index (χ2n) is 4.47. The van der Waals surface area contributed by atoms with Crippen LogP contribution in [0, 0.1) is 22.9 Å². The standard InChI is InChI=1S/C13H18F3NO/c1-3-13(4-2,8-18)7-17-9-5-10(14)12(16)11(15)6-9/h5-6,17-18H,3-4,7-8H2,1-2H3. The van der Waals surface area contributed by atoms with Gasteiger partial charge in [0, 0.05) is 29.8 Å². The number of aliphatic hydroxyl groups excluding tert-OH is 1. The molecule has 2 nitrogen and oxygen atoms in total. The van der Waals surface area contributed by atoms with Crippen molar-refractivity contribution in [3.05, 3.63) is 29.6 Å². The molecule has 0 saturated carbocycles. The third-order valence-electron chi connectivity index (χ3n) is 3.49. The van der Waals surface area contributed by atoms with E-state index >= 15 is 0 Å². The third-order valence-corrected chi connectivity index (χ3v) is 3.49. The van der Waals surface area contributed by atoms with Crippen LogP contribution in [0.1, 0.15) is 26.7 Å². The summed E-state index contributed by atoms with van der Waals surface area (Å²) in [5, 5.41) is 12.2. The largest absolute Gasteiger partial charge is 0.396 e. The van der Waals surface area contributed by atoms with Gasteiger partial charge in [0.15, 0.2) is 17.5 Å². The van der Waals surface area contributed by atoms with Crippen LogP contribution in [-0.2, 0) is 0 Å². The highest BCUT2D eigenvalue weighted by molar-refractivity contribution is 5.44. The van der Waals surface area contributed by atoms with Gasteiger partial charge in [0.05, 0.1) is 6.61 Å². The molecule has 102 valence electrons. The number of hydrogen-bond acceptors (Lipinski definition) is 2. The van der Waals surface area contributed by atoms with Gasteiger partial charge in [-0.1, -0.05) is 13.8 Å². The highest BCUT2D eigenvalue weighted by atomic mass is 19.2. The summed E-state index contributed by atoms with van der Waals surface area (Å²) in [5.74, 6) is -3.92. The van der Waals surface area contributed by atoms with Gasteiger partial charge in [-0.2, -0.15) is 0 Å². The molecule has 5 heteroatoms. The lowest BCUT2D eigenvalue weighted by atomic mass is 9.83. The average Bonchev–Trinajstić information content (AvgIpc) is 2.38. The number of hydrogen-bond donors (Lipinski definition) is 2. The molecule has 0 aliphatic heterocycles. The maximum Gasteiger partial charge on any atom is 0.194 e. The minimum absolute atomic E-state index is 0.0147. The van der Waals surface area contributed by atoms with Crippen molar-refractivity contribution in [3.63, 3.8) is 0 Å². The van der Waals surface area contributed by atoms with Crippen LogP contribution in [-0.4, -0.2) is 18.3 Å². The molecule has 0 heterocycles. The Balaban J connectivity index is 2.80. The second-order valence-corrected chi connectivity index (χ2v) is 4.47. The lowest BCUT2D eigenvalue weighted by molar-refractivity contribution is 0.127. The maximum atomic E-state index is 13.0. The Morgan fingerprint density at radius 3 is 2.00 bits per heavy atom. The molecule has 2 N–H and O–H groups in total. The monoisotopic (exact) mass is 261 g/mol. The Hall–Kier alpha value is -1.23. The fraction of sp³-hybridized carbons (Fsp3) is 0.538. The molecule has 0 spiro atoms. The zero-order valence-corrected chi connectivity index (χ0v) is 10.6. The van der Waals surface area contributed by atoms with Crippen LogP contribution in [0.25, 0.3) is 0 Å². The predicted molar refractivity (Wildman–Crippen MR) is 64.9 cm³/mol. The lowest BCUT2D eigenvalue weighted by Crippen LogP contribution is -2.32. The van der Waals surface area contributed by atoms with E-state index in [4.69, 9.17) is 0 Å². The second kappa shape index (κ2) is 6.09.